The van der Waals surface area contributed by atoms with E-state index in [-0.39, 0.29) is 17.7 Å². The normalized spacial score (nSPS) is 11.6. The van der Waals surface area contributed by atoms with Crippen LogP contribution in [-0.4, -0.2) is 50.6 Å². The van der Waals surface area contributed by atoms with Gasteiger partial charge in [0.05, 0.1) is 6.61 Å². The van der Waals surface area contributed by atoms with Crippen molar-refractivity contribution in [1.29, 1.82) is 0 Å². The van der Waals surface area contributed by atoms with E-state index in [0.717, 1.165) is 13.0 Å². The minimum atomic E-state index is -0.381. The largest absolute Gasteiger partial charge is 0.465 e. The van der Waals surface area contributed by atoms with E-state index in [2.05, 4.69) is 15.2 Å². The molecule has 0 spiro atoms. The van der Waals surface area contributed by atoms with Crippen LogP contribution in [0.3, 0.4) is 0 Å². The molecule has 0 radical (unpaired) electrons. The molecule has 0 heterocycles. The highest BCUT2D eigenvalue weighted by molar-refractivity contribution is 6.04. The zero-order valence-electron chi connectivity index (χ0n) is 12.7. The minimum absolute atomic E-state index is 0.200. The van der Waals surface area contributed by atoms with Crippen LogP contribution in [0.1, 0.15) is 23.7 Å². The number of rotatable bonds is 6. The highest BCUT2D eigenvalue weighted by Crippen LogP contribution is 2.02. The second-order valence-electron chi connectivity index (χ2n) is 4.74. The number of carbonyl (C=O) groups excluding carboxylic acids is 1. The van der Waals surface area contributed by atoms with Gasteiger partial charge in [0.1, 0.15) is 5.82 Å². The third-order valence-corrected chi connectivity index (χ3v) is 2.63. The summed E-state index contributed by atoms with van der Waals surface area (Å²) in [4.78, 5) is 18.3. The molecule has 21 heavy (non-hydrogen) atoms. The number of amides is 1. The summed E-state index contributed by atoms with van der Waals surface area (Å²) >= 11 is 0. The first-order valence-corrected chi connectivity index (χ1v) is 6.91. The summed E-state index contributed by atoms with van der Waals surface area (Å²) in [5, 5.41) is 2.59. The second kappa shape index (κ2) is 9.07. The van der Waals surface area contributed by atoms with E-state index in [1.54, 1.807) is 0 Å². The predicted octanol–water partition coefficient (Wildman–Crippen LogP) is 1.90. The van der Waals surface area contributed by atoms with Gasteiger partial charge in [-0.25, -0.2) is 9.38 Å². The fourth-order valence-corrected chi connectivity index (χ4v) is 1.60. The first kappa shape index (κ1) is 17.1. The molecule has 5 nitrogen and oxygen atoms in total. The third-order valence-electron chi connectivity index (χ3n) is 2.63. The van der Waals surface area contributed by atoms with Crippen molar-refractivity contribution < 1.29 is 13.9 Å². The van der Waals surface area contributed by atoms with Crippen LogP contribution in [0.25, 0.3) is 0 Å². The van der Waals surface area contributed by atoms with Gasteiger partial charge in [0, 0.05) is 12.1 Å². The third kappa shape index (κ3) is 6.85. The lowest BCUT2D eigenvalue weighted by Crippen LogP contribution is -2.33. The average Bonchev–Trinajstić information content (AvgIpc) is 2.44. The lowest BCUT2D eigenvalue weighted by atomic mass is 10.2. The molecule has 0 aliphatic rings. The predicted molar refractivity (Wildman–Crippen MR) is 81.0 cm³/mol. The van der Waals surface area contributed by atoms with Crippen molar-refractivity contribution in [1.82, 2.24) is 10.2 Å². The van der Waals surface area contributed by atoms with Crippen LogP contribution in [0.5, 0.6) is 0 Å². The van der Waals surface area contributed by atoms with Crippen molar-refractivity contribution in [2.75, 3.05) is 33.8 Å². The molecule has 1 aromatic rings. The molecule has 0 fully saturated rings. The Labute approximate surface area is 124 Å². The van der Waals surface area contributed by atoms with E-state index in [1.165, 1.54) is 24.3 Å². The average molecular weight is 295 g/mol. The Hall–Kier alpha value is -1.95. The SMILES string of the molecule is CCOC(=NCCCN(C)C)NC(=O)c1ccc(F)cc1. The first-order chi connectivity index (χ1) is 10.0. The van der Waals surface area contributed by atoms with E-state index < -0.39 is 0 Å². The Balaban J connectivity index is 2.58. The number of ether oxygens (including phenoxy) is 1. The molecule has 1 aromatic carbocycles. The molecule has 1 N–H and O–H groups in total. The zero-order valence-corrected chi connectivity index (χ0v) is 12.7. The van der Waals surface area contributed by atoms with Gasteiger partial charge in [-0.3, -0.25) is 10.1 Å². The van der Waals surface area contributed by atoms with Crippen molar-refractivity contribution in [2.24, 2.45) is 4.99 Å². The molecule has 0 bridgehead atoms. The number of carbonyl (C=O) groups is 1. The first-order valence-electron chi connectivity index (χ1n) is 6.91. The van der Waals surface area contributed by atoms with E-state index in [9.17, 15) is 9.18 Å². The number of nitrogens with one attached hydrogen (secondary N) is 1. The molecular weight excluding hydrogens is 273 g/mol. The highest BCUT2D eigenvalue weighted by atomic mass is 19.1. The summed E-state index contributed by atoms with van der Waals surface area (Å²) in [6, 6.07) is 5.51. The standard InChI is InChI=1S/C15H22FN3O2/c1-4-21-15(17-10-5-11-19(2)3)18-14(20)12-6-8-13(16)9-7-12/h6-9H,4-5,10-11H2,1-3H3,(H,17,18,20). The van der Waals surface area contributed by atoms with Crippen LogP contribution in [-0.2, 0) is 4.74 Å². The number of nitrogens with zero attached hydrogens (tertiary/aromatic N) is 2. The number of hydrogen-bond donors (Lipinski definition) is 1. The summed E-state index contributed by atoms with van der Waals surface area (Å²) < 4.78 is 18.1. The van der Waals surface area contributed by atoms with Crippen molar-refractivity contribution in [3.8, 4) is 0 Å². The maximum absolute atomic E-state index is 12.8. The van der Waals surface area contributed by atoms with E-state index in [4.69, 9.17) is 4.74 Å². The summed E-state index contributed by atoms with van der Waals surface area (Å²) in [5.74, 6) is -0.747. The molecule has 6 heteroatoms. The Morgan fingerprint density at radius 2 is 2.00 bits per heavy atom. The van der Waals surface area contributed by atoms with Crippen LogP contribution in [0.2, 0.25) is 0 Å². The van der Waals surface area contributed by atoms with Gasteiger partial charge in [-0.05, 0) is 58.3 Å². The molecule has 0 aromatic heterocycles. The van der Waals surface area contributed by atoms with Gasteiger partial charge < -0.3 is 9.64 Å². The maximum atomic E-state index is 12.8. The topological polar surface area (TPSA) is 53.9 Å². The molecule has 1 rings (SSSR count). The summed E-state index contributed by atoms with van der Waals surface area (Å²) in [6.07, 6.45) is 0.871. The quantitative estimate of drug-likeness (QED) is 0.495. The Bertz CT molecular complexity index is 472. The molecular formula is C15H22FN3O2. The second-order valence-corrected chi connectivity index (χ2v) is 4.74. The monoisotopic (exact) mass is 295 g/mol. The van der Waals surface area contributed by atoms with E-state index in [0.29, 0.717) is 18.7 Å². The molecule has 0 aliphatic heterocycles. The number of halogens is 1. The molecule has 0 atom stereocenters. The molecule has 116 valence electrons. The van der Waals surface area contributed by atoms with E-state index >= 15 is 0 Å². The lowest BCUT2D eigenvalue weighted by Gasteiger charge is -2.10. The Morgan fingerprint density at radius 3 is 2.57 bits per heavy atom. The van der Waals surface area contributed by atoms with Gasteiger partial charge in [0.25, 0.3) is 11.9 Å². The molecule has 0 unspecified atom stereocenters. The number of hydrogen-bond acceptors (Lipinski definition) is 4. The highest BCUT2D eigenvalue weighted by Gasteiger charge is 2.09. The van der Waals surface area contributed by atoms with Crippen LogP contribution >= 0.6 is 0 Å². The minimum Gasteiger partial charge on any atom is -0.465 e. The molecule has 0 saturated carbocycles. The van der Waals surface area contributed by atoms with Crippen LogP contribution in [0.15, 0.2) is 29.3 Å². The molecule has 1 amide bonds. The zero-order chi connectivity index (χ0) is 15.7. The summed E-state index contributed by atoms with van der Waals surface area (Å²) in [7, 11) is 3.98. The van der Waals surface area contributed by atoms with Gasteiger partial charge in [-0.15, -0.1) is 0 Å². The summed E-state index contributed by atoms with van der Waals surface area (Å²) in [6.45, 7) is 3.71. The number of benzene rings is 1. The van der Waals surface area contributed by atoms with Gasteiger partial charge in [-0.1, -0.05) is 0 Å². The van der Waals surface area contributed by atoms with Gasteiger partial charge >= 0.3 is 0 Å². The summed E-state index contributed by atoms with van der Waals surface area (Å²) in [5.41, 5.74) is 0.358. The Kier molecular flexibility index (Phi) is 7.39. The fourth-order valence-electron chi connectivity index (χ4n) is 1.60. The van der Waals surface area contributed by atoms with Crippen LogP contribution < -0.4 is 5.32 Å². The maximum Gasteiger partial charge on any atom is 0.291 e. The molecule has 0 saturated heterocycles. The number of aliphatic imine (C=N–C) groups is 1. The van der Waals surface area contributed by atoms with Crippen molar-refractivity contribution >= 4 is 11.9 Å². The van der Waals surface area contributed by atoms with Crippen molar-refractivity contribution in [3.63, 3.8) is 0 Å². The van der Waals surface area contributed by atoms with E-state index in [1.807, 2.05) is 21.0 Å². The van der Waals surface area contributed by atoms with Crippen molar-refractivity contribution in [3.05, 3.63) is 35.6 Å². The van der Waals surface area contributed by atoms with Crippen LogP contribution in [0, 0.1) is 5.82 Å². The molecule has 0 aliphatic carbocycles. The van der Waals surface area contributed by atoms with Gasteiger partial charge in [0.15, 0.2) is 0 Å². The Morgan fingerprint density at radius 1 is 1.33 bits per heavy atom. The van der Waals surface area contributed by atoms with Gasteiger partial charge in [-0.2, -0.15) is 0 Å². The van der Waals surface area contributed by atoms with Gasteiger partial charge in [0.2, 0.25) is 0 Å². The lowest BCUT2D eigenvalue weighted by molar-refractivity contribution is 0.0966. The fraction of sp³-hybridized carbons (Fsp3) is 0.467. The number of amidine groups is 1. The smallest absolute Gasteiger partial charge is 0.291 e. The van der Waals surface area contributed by atoms with Crippen molar-refractivity contribution in [2.45, 2.75) is 13.3 Å². The van der Waals surface area contributed by atoms with Crippen LogP contribution in [0.4, 0.5) is 4.39 Å².